The third kappa shape index (κ3) is 1.81. The molecule has 0 unspecified atom stereocenters. The predicted octanol–water partition coefficient (Wildman–Crippen LogP) is 3.32. The summed E-state index contributed by atoms with van der Waals surface area (Å²) >= 11 is 0. The van der Waals surface area contributed by atoms with E-state index in [1.807, 2.05) is 12.1 Å². The van der Waals surface area contributed by atoms with Gasteiger partial charge in [-0.25, -0.2) is 14.4 Å². The summed E-state index contributed by atoms with van der Waals surface area (Å²) < 4.78 is 19.4. The number of methoxy groups -OCH3 is 1. The number of benzene rings is 1. The van der Waals surface area contributed by atoms with Crippen LogP contribution < -0.4 is 4.74 Å². The average molecular weight is 294 g/mol. The van der Waals surface area contributed by atoms with E-state index in [0.717, 1.165) is 16.6 Å². The van der Waals surface area contributed by atoms with Crippen LogP contribution in [0.15, 0.2) is 42.7 Å². The molecule has 0 fully saturated rings. The molecule has 3 aromatic heterocycles. The van der Waals surface area contributed by atoms with Gasteiger partial charge in [-0.1, -0.05) is 6.07 Å². The maximum atomic E-state index is 14.4. The molecule has 0 saturated heterocycles. The van der Waals surface area contributed by atoms with E-state index in [2.05, 4.69) is 19.9 Å². The molecule has 0 bridgehead atoms. The van der Waals surface area contributed by atoms with Crippen molar-refractivity contribution in [1.29, 1.82) is 0 Å². The molecule has 1 N–H and O–H groups in total. The molecule has 22 heavy (non-hydrogen) atoms. The van der Waals surface area contributed by atoms with E-state index in [1.165, 1.54) is 7.11 Å². The minimum Gasteiger partial charge on any atom is -0.494 e. The van der Waals surface area contributed by atoms with Crippen molar-refractivity contribution in [3.8, 4) is 17.1 Å². The highest BCUT2D eigenvalue weighted by molar-refractivity contribution is 6.02. The van der Waals surface area contributed by atoms with Gasteiger partial charge in [-0.3, -0.25) is 4.98 Å². The summed E-state index contributed by atoms with van der Waals surface area (Å²) in [6.07, 6.45) is 3.34. The van der Waals surface area contributed by atoms with Crippen molar-refractivity contribution in [2.75, 3.05) is 7.11 Å². The topological polar surface area (TPSA) is 63.7 Å². The smallest absolute Gasteiger partial charge is 0.176 e. The molecule has 5 nitrogen and oxygen atoms in total. The van der Waals surface area contributed by atoms with E-state index in [9.17, 15) is 4.39 Å². The Bertz CT molecular complexity index is 996. The number of nitrogens with one attached hydrogen (secondary N) is 1. The van der Waals surface area contributed by atoms with Crippen LogP contribution in [0.4, 0.5) is 4.39 Å². The Morgan fingerprint density at radius 1 is 1.05 bits per heavy atom. The van der Waals surface area contributed by atoms with Gasteiger partial charge in [0.15, 0.2) is 17.4 Å². The third-order valence-electron chi connectivity index (χ3n) is 3.51. The molecule has 0 aliphatic heterocycles. The molecule has 0 spiro atoms. The molecule has 0 radical (unpaired) electrons. The van der Waals surface area contributed by atoms with E-state index < -0.39 is 5.82 Å². The molecule has 0 aliphatic rings. The number of rotatable bonds is 2. The van der Waals surface area contributed by atoms with Crippen molar-refractivity contribution in [1.82, 2.24) is 19.9 Å². The first-order valence-corrected chi connectivity index (χ1v) is 6.70. The summed E-state index contributed by atoms with van der Waals surface area (Å²) in [5.74, 6) is -0.00847. The normalized spacial score (nSPS) is 11.2. The maximum Gasteiger partial charge on any atom is 0.176 e. The lowest BCUT2D eigenvalue weighted by Gasteiger charge is -2.06. The van der Waals surface area contributed by atoms with Gasteiger partial charge < -0.3 is 9.72 Å². The van der Waals surface area contributed by atoms with E-state index in [-0.39, 0.29) is 5.75 Å². The van der Waals surface area contributed by atoms with Gasteiger partial charge in [-0.15, -0.1) is 0 Å². The van der Waals surface area contributed by atoms with Crippen LogP contribution in [0.5, 0.6) is 5.75 Å². The molecule has 4 aromatic rings. The van der Waals surface area contributed by atoms with Crippen molar-refractivity contribution in [3.05, 3.63) is 48.5 Å². The second kappa shape index (κ2) is 4.77. The van der Waals surface area contributed by atoms with Gasteiger partial charge in [0.25, 0.3) is 0 Å². The number of fused-ring (bicyclic) bond motifs is 3. The molecule has 4 rings (SSSR count). The molecule has 1 aromatic carbocycles. The lowest BCUT2D eigenvalue weighted by Crippen LogP contribution is -1.95. The minimum atomic E-state index is -0.475. The zero-order chi connectivity index (χ0) is 15.1. The highest BCUT2D eigenvalue weighted by atomic mass is 19.1. The van der Waals surface area contributed by atoms with Crippen LogP contribution in [0.25, 0.3) is 33.5 Å². The first-order chi connectivity index (χ1) is 10.8. The molecule has 0 aliphatic carbocycles. The van der Waals surface area contributed by atoms with Crippen LogP contribution >= 0.6 is 0 Å². The van der Waals surface area contributed by atoms with Gasteiger partial charge >= 0.3 is 0 Å². The van der Waals surface area contributed by atoms with Gasteiger partial charge in [-0.05, 0) is 24.3 Å². The number of nitrogens with zero attached hydrogens (tertiary/aromatic N) is 3. The van der Waals surface area contributed by atoms with Crippen LogP contribution in [0.3, 0.4) is 0 Å². The Kier molecular flexibility index (Phi) is 2.75. The van der Waals surface area contributed by atoms with E-state index in [4.69, 9.17) is 4.74 Å². The number of H-pyrrole nitrogens is 1. The number of aromatic nitrogens is 4. The van der Waals surface area contributed by atoms with Crippen LogP contribution in [0.2, 0.25) is 0 Å². The second-order valence-corrected chi connectivity index (χ2v) is 4.80. The molecule has 3 heterocycles. The quantitative estimate of drug-likeness (QED) is 0.616. The van der Waals surface area contributed by atoms with E-state index >= 15 is 0 Å². The number of pyridine rings is 1. The van der Waals surface area contributed by atoms with Crippen molar-refractivity contribution in [3.63, 3.8) is 0 Å². The maximum absolute atomic E-state index is 14.4. The zero-order valence-electron chi connectivity index (χ0n) is 11.7. The molecule has 0 saturated carbocycles. The predicted molar refractivity (Wildman–Crippen MR) is 81.1 cm³/mol. The first-order valence-electron chi connectivity index (χ1n) is 6.70. The van der Waals surface area contributed by atoms with Gasteiger partial charge in [0.1, 0.15) is 11.0 Å². The summed E-state index contributed by atoms with van der Waals surface area (Å²) in [6.45, 7) is 0. The molecule has 0 atom stereocenters. The first kappa shape index (κ1) is 12.7. The van der Waals surface area contributed by atoms with Gasteiger partial charge in [-0.2, -0.15) is 0 Å². The molecule has 108 valence electrons. The average Bonchev–Trinajstić information content (AvgIpc) is 2.93. The number of ether oxygens (including phenoxy) is 1. The number of halogens is 1. The van der Waals surface area contributed by atoms with E-state index in [0.29, 0.717) is 16.9 Å². The highest BCUT2D eigenvalue weighted by Crippen LogP contribution is 2.29. The summed E-state index contributed by atoms with van der Waals surface area (Å²) in [5.41, 5.74) is 3.34. The molecule has 0 amide bonds. The van der Waals surface area contributed by atoms with Crippen molar-refractivity contribution in [2.45, 2.75) is 0 Å². The SMILES string of the molecule is COc1cccc(-c2ncc3[nH]c4cccnc4c3n2)c1F. The Morgan fingerprint density at radius 2 is 1.95 bits per heavy atom. The van der Waals surface area contributed by atoms with Gasteiger partial charge in [0.05, 0.1) is 29.9 Å². The van der Waals surface area contributed by atoms with Crippen LogP contribution in [0.1, 0.15) is 0 Å². The van der Waals surface area contributed by atoms with Crippen LogP contribution in [0, 0.1) is 5.82 Å². The number of hydrogen-bond donors (Lipinski definition) is 1. The number of hydrogen-bond acceptors (Lipinski definition) is 4. The van der Waals surface area contributed by atoms with E-state index in [1.54, 1.807) is 30.6 Å². The Balaban J connectivity index is 1.98. The van der Waals surface area contributed by atoms with Crippen molar-refractivity contribution in [2.24, 2.45) is 0 Å². The lowest BCUT2D eigenvalue weighted by molar-refractivity contribution is 0.387. The van der Waals surface area contributed by atoms with Gasteiger partial charge in [0, 0.05) is 6.20 Å². The third-order valence-corrected chi connectivity index (χ3v) is 3.51. The molecule has 6 heteroatoms. The highest BCUT2D eigenvalue weighted by Gasteiger charge is 2.15. The monoisotopic (exact) mass is 294 g/mol. The van der Waals surface area contributed by atoms with Crippen LogP contribution in [-0.4, -0.2) is 27.0 Å². The number of aromatic amines is 1. The Morgan fingerprint density at radius 3 is 2.82 bits per heavy atom. The fourth-order valence-electron chi connectivity index (χ4n) is 2.46. The van der Waals surface area contributed by atoms with Crippen LogP contribution in [-0.2, 0) is 0 Å². The molecular weight excluding hydrogens is 283 g/mol. The summed E-state index contributed by atoms with van der Waals surface area (Å²) in [4.78, 5) is 16.2. The van der Waals surface area contributed by atoms with Crippen molar-refractivity contribution >= 4 is 22.1 Å². The standard InChI is InChI=1S/C16H11FN4O/c1-22-12-6-2-4-9(13(12)17)16-19-8-11-15(21-16)14-10(20-11)5-3-7-18-14/h2-8,20H,1H3. The summed E-state index contributed by atoms with van der Waals surface area (Å²) in [6, 6.07) is 8.65. The zero-order valence-corrected chi connectivity index (χ0v) is 11.7. The van der Waals surface area contributed by atoms with Gasteiger partial charge in [0.2, 0.25) is 0 Å². The lowest BCUT2D eigenvalue weighted by atomic mass is 10.2. The fraction of sp³-hybridized carbons (Fsp3) is 0.0625. The summed E-state index contributed by atoms with van der Waals surface area (Å²) in [5, 5.41) is 0. The summed E-state index contributed by atoms with van der Waals surface area (Å²) in [7, 11) is 1.43. The van der Waals surface area contributed by atoms with Crippen molar-refractivity contribution < 1.29 is 9.13 Å². The minimum absolute atomic E-state index is 0.165. The molecular formula is C16H11FN4O. The fourth-order valence-corrected chi connectivity index (χ4v) is 2.46. The Labute approximate surface area is 124 Å². The largest absolute Gasteiger partial charge is 0.494 e. The second-order valence-electron chi connectivity index (χ2n) is 4.80. The Hall–Kier alpha value is -3.02.